The molecule has 0 bridgehead atoms. The van der Waals surface area contributed by atoms with Gasteiger partial charge >= 0.3 is 0 Å². The highest BCUT2D eigenvalue weighted by Gasteiger charge is 2.07. The van der Waals surface area contributed by atoms with Gasteiger partial charge in [-0.05, 0) is 18.1 Å². The number of hydrogen-bond donors (Lipinski definition) is 2. The SMILES string of the molecule is CCC[C@H](N)c1cnc(N)c(C=O)c1. The quantitative estimate of drug-likeness (QED) is 0.705. The Labute approximate surface area is 83.3 Å². The average Bonchev–Trinajstić information content (AvgIpc) is 2.19. The van der Waals surface area contributed by atoms with Crippen LogP contribution in [0.2, 0.25) is 0 Å². The third-order valence-electron chi connectivity index (χ3n) is 2.13. The Hall–Kier alpha value is -1.42. The van der Waals surface area contributed by atoms with Gasteiger partial charge in [-0.2, -0.15) is 0 Å². The van der Waals surface area contributed by atoms with Gasteiger partial charge in [0.25, 0.3) is 0 Å². The zero-order valence-electron chi connectivity index (χ0n) is 8.23. The first-order valence-corrected chi connectivity index (χ1v) is 4.65. The number of pyridine rings is 1. The molecule has 0 aliphatic carbocycles. The summed E-state index contributed by atoms with van der Waals surface area (Å²) in [6.07, 6.45) is 4.21. The van der Waals surface area contributed by atoms with Crippen molar-refractivity contribution >= 4 is 12.1 Å². The molecule has 1 heterocycles. The van der Waals surface area contributed by atoms with Crippen LogP contribution in [0.5, 0.6) is 0 Å². The molecule has 1 aromatic heterocycles. The van der Waals surface area contributed by atoms with E-state index in [0.29, 0.717) is 11.8 Å². The summed E-state index contributed by atoms with van der Waals surface area (Å²) >= 11 is 0. The summed E-state index contributed by atoms with van der Waals surface area (Å²) in [5.74, 6) is 0.257. The van der Waals surface area contributed by atoms with E-state index in [1.165, 1.54) is 0 Å². The number of carbonyl (C=O) groups excluding carboxylic acids is 1. The van der Waals surface area contributed by atoms with Gasteiger partial charge in [-0.15, -0.1) is 0 Å². The number of carbonyl (C=O) groups is 1. The molecule has 0 amide bonds. The molecular formula is C10H15N3O. The molecule has 4 nitrogen and oxygen atoms in total. The maximum absolute atomic E-state index is 10.6. The van der Waals surface area contributed by atoms with Crippen LogP contribution in [-0.2, 0) is 0 Å². The average molecular weight is 193 g/mol. The number of nitrogen functional groups attached to an aromatic ring is 1. The molecule has 0 saturated carbocycles. The number of nitrogens with two attached hydrogens (primary N) is 2. The Bertz CT molecular complexity index is 325. The van der Waals surface area contributed by atoms with Gasteiger partial charge in [0, 0.05) is 12.2 Å². The van der Waals surface area contributed by atoms with Gasteiger partial charge in [0.05, 0.1) is 5.56 Å². The lowest BCUT2D eigenvalue weighted by molar-refractivity contribution is 0.112. The third-order valence-corrected chi connectivity index (χ3v) is 2.13. The van der Waals surface area contributed by atoms with Crippen molar-refractivity contribution in [3.8, 4) is 0 Å². The Morgan fingerprint density at radius 3 is 2.93 bits per heavy atom. The third kappa shape index (κ3) is 2.29. The van der Waals surface area contributed by atoms with Gasteiger partial charge in [-0.3, -0.25) is 4.79 Å². The van der Waals surface area contributed by atoms with Gasteiger partial charge in [0.2, 0.25) is 0 Å². The zero-order valence-corrected chi connectivity index (χ0v) is 8.23. The van der Waals surface area contributed by atoms with Crippen LogP contribution < -0.4 is 11.5 Å². The molecule has 1 rings (SSSR count). The van der Waals surface area contributed by atoms with E-state index >= 15 is 0 Å². The van der Waals surface area contributed by atoms with Crippen molar-refractivity contribution in [2.75, 3.05) is 5.73 Å². The maximum atomic E-state index is 10.6. The van der Waals surface area contributed by atoms with Crippen LogP contribution in [0.25, 0.3) is 0 Å². The second-order valence-electron chi connectivity index (χ2n) is 3.26. The largest absolute Gasteiger partial charge is 0.383 e. The Balaban J connectivity index is 2.94. The van der Waals surface area contributed by atoms with Crippen molar-refractivity contribution in [3.05, 3.63) is 23.4 Å². The normalized spacial score (nSPS) is 12.4. The number of hydrogen-bond acceptors (Lipinski definition) is 4. The van der Waals surface area contributed by atoms with E-state index in [0.717, 1.165) is 18.4 Å². The second-order valence-corrected chi connectivity index (χ2v) is 3.26. The van der Waals surface area contributed by atoms with Crippen molar-refractivity contribution < 1.29 is 4.79 Å². The van der Waals surface area contributed by atoms with Crippen LogP contribution in [0.15, 0.2) is 12.3 Å². The smallest absolute Gasteiger partial charge is 0.153 e. The van der Waals surface area contributed by atoms with E-state index in [1.807, 2.05) is 0 Å². The van der Waals surface area contributed by atoms with Gasteiger partial charge in [0.1, 0.15) is 5.82 Å². The highest BCUT2D eigenvalue weighted by Crippen LogP contribution is 2.17. The number of nitrogens with zero attached hydrogens (tertiary/aromatic N) is 1. The van der Waals surface area contributed by atoms with Crippen LogP contribution in [-0.4, -0.2) is 11.3 Å². The molecule has 0 spiro atoms. The van der Waals surface area contributed by atoms with E-state index in [1.54, 1.807) is 12.3 Å². The van der Waals surface area contributed by atoms with Gasteiger partial charge in [0.15, 0.2) is 6.29 Å². The summed E-state index contributed by atoms with van der Waals surface area (Å²) in [5.41, 5.74) is 12.6. The van der Waals surface area contributed by atoms with Crippen molar-refractivity contribution in [1.29, 1.82) is 0 Å². The summed E-state index contributed by atoms with van der Waals surface area (Å²) in [5, 5.41) is 0. The summed E-state index contributed by atoms with van der Waals surface area (Å²) < 4.78 is 0. The van der Waals surface area contributed by atoms with Crippen molar-refractivity contribution in [3.63, 3.8) is 0 Å². The fraction of sp³-hybridized carbons (Fsp3) is 0.400. The van der Waals surface area contributed by atoms with Crippen LogP contribution >= 0.6 is 0 Å². The van der Waals surface area contributed by atoms with Crippen molar-refractivity contribution in [1.82, 2.24) is 4.98 Å². The molecule has 4 heteroatoms. The lowest BCUT2D eigenvalue weighted by atomic mass is 10.0. The first-order chi connectivity index (χ1) is 6.69. The Morgan fingerprint density at radius 1 is 1.64 bits per heavy atom. The minimum Gasteiger partial charge on any atom is -0.383 e. The molecule has 0 aliphatic heterocycles. The van der Waals surface area contributed by atoms with E-state index in [4.69, 9.17) is 11.5 Å². The molecule has 1 aromatic rings. The number of anilines is 1. The lowest BCUT2D eigenvalue weighted by Gasteiger charge is -2.10. The van der Waals surface area contributed by atoms with Crippen LogP contribution in [0, 0.1) is 0 Å². The molecule has 0 saturated heterocycles. The summed E-state index contributed by atoms with van der Waals surface area (Å²) in [6, 6.07) is 1.64. The summed E-state index contributed by atoms with van der Waals surface area (Å²) in [4.78, 5) is 14.5. The highest BCUT2D eigenvalue weighted by atomic mass is 16.1. The molecule has 0 radical (unpaired) electrons. The van der Waals surface area contributed by atoms with Crippen molar-refractivity contribution in [2.45, 2.75) is 25.8 Å². The molecule has 0 unspecified atom stereocenters. The topological polar surface area (TPSA) is 82.0 Å². The number of aromatic nitrogens is 1. The molecule has 1 atom stereocenters. The molecule has 0 aliphatic rings. The molecule has 0 fully saturated rings. The Kier molecular flexibility index (Phi) is 3.59. The molecule has 4 N–H and O–H groups in total. The fourth-order valence-electron chi connectivity index (χ4n) is 1.28. The number of aldehydes is 1. The van der Waals surface area contributed by atoms with E-state index in [2.05, 4.69) is 11.9 Å². The molecule has 14 heavy (non-hydrogen) atoms. The van der Waals surface area contributed by atoms with Crippen LogP contribution in [0.1, 0.15) is 41.7 Å². The second kappa shape index (κ2) is 4.72. The first-order valence-electron chi connectivity index (χ1n) is 4.65. The lowest BCUT2D eigenvalue weighted by Crippen LogP contribution is -2.11. The first kappa shape index (κ1) is 10.7. The van der Waals surface area contributed by atoms with E-state index < -0.39 is 0 Å². The van der Waals surface area contributed by atoms with Gasteiger partial charge in [-0.25, -0.2) is 4.98 Å². The molecular weight excluding hydrogens is 178 g/mol. The molecule has 0 aromatic carbocycles. The minimum absolute atomic E-state index is 0.0631. The van der Waals surface area contributed by atoms with Crippen LogP contribution in [0.3, 0.4) is 0 Å². The van der Waals surface area contributed by atoms with Crippen molar-refractivity contribution in [2.24, 2.45) is 5.73 Å². The van der Waals surface area contributed by atoms with Gasteiger partial charge < -0.3 is 11.5 Å². The maximum Gasteiger partial charge on any atom is 0.153 e. The van der Waals surface area contributed by atoms with Gasteiger partial charge in [-0.1, -0.05) is 13.3 Å². The molecule has 76 valence electrons. The predicted octanol–water partition coefficient (Wildman–Crippen LogP) is 1.28. The highest BCUT2D eigenvalue weighted by molar-refractivity contribution is 5.81. The van der Waals surface area contributed by atoms with Crippen LogP contribution in [0.4, 0.5) is 5.82 Å². The predicted molar refractivity (Wildman–Crippen MR) is 55.9 cm³/mol. The van der Waals surface area contributed by atoms with E-state index in [9.17, 15) is 4.79 Å². The standard InChI is InChI=1S/C10H15N3O/c1-2-3-9(11)7-4-8(6-14)10(12)13-5-7/h4-6,9H,2-3,11H2,1H3,(H2,12,13)/t9-/m0/s1. The summed E-state index contributed by atoms with van der Waals surface area (Å²) in [6.45, 7) is 2.06. The summed E-state index contributed by atoms with van der Waals surface area (Å²) in [7, 11) is 0. The fourth-order valence-corrected chi connectivity index (χ4v) is 1.28. The minimum atomic E-state index is -0.0631. The number of rotatable bonds is 4. The zero-order chi connectivity index (χ0) is 10.6. The van der Waals surface area contributed by atoms with E-state index in [-0.39, 0.29) is 11.9 Å². The monoisotopic (exact) mass is 193 g/mol. The Morgan fingerprint density at radius 2 is 2.36 bits per heavy atom.